The fourth-order valence-corrected chi connectivity index (χ4v) is 1.79. The second-order valence-electron chi connectivity index (χ2n) is 3.65. The maximum atomic E-state index is 11.5. The summed E-state index contributed by atoms with van der Waals surface area (Å²) >= 11 is 0. The van der Waals surface area contributed by atoms with Crippen LogP contribution in [-0.4, -0.2) is 49.8 Å². The number of hydrogen-bond acceptors (Lipinski definition) is 3. The van der Waals surface area contributed by atoms with E-state index < -0.39 is 0 Å². The zero-order valence-electron chi connectivity index (χ0n) is 9.78. The molecule has 0 radical (unpaired) electrons. The van der Waals surface area contributed by atoms with Crippen molar-refractivity contribution in [1.29, 1.82) is 0 Å². The molecule has 0 aromatic heterocycles. The first-order chi connectivity index (χ1) is 7.69. The van der Waals surface area contributed by atoms with Gasteiger partial charge in [-0.05, 0) is 19.8 Å². The van der Waals surface area contributed by atoms with Crippen molar-refractivity contribution in [3.63, 3.8) is 0 Å². The molecule has 3 amide bonds. The number of urea groups is 1. The Kier molecular flexibility index (Phi) is 4.88. The van der Waals surface area contributed by atoms with Crippen molar-refractivity contribution < 1.29 is 14.3 Å². The predicted octanol–water partition coefficient (Wildman–Crippen LogP) is 0.536. The average molecular weight is 229 g/mol. The Labute approximate surface area is 95.3 Å². The molecule has 1 atom stereocenters. The topological polar surface area (TPSA) is 70.7 Å². The summed E-state index contributed by atoms with van der Waals surface area (Å²) in [7, 11) is 1.56. The summed E-state index contributed by atoms with van der Waals surface area (Å²) in [5, 5.41) is 5.18. The third-order valence-corrected chi connectivity index (χ3v) is 2.60. The van der Waals surface area contributed by atoms with Gasteiger partial charge in [0.2, 0.25) is 0 Å². The number of carbonyl (C=O) groups excluding carboxylic acids is 2. The van der Waals surface area contributed by atoms with E-state index in [9.17, 15) is 9.59 Å². The molecular formula is C10H19N3O3. The van der Waals surface area contributed by atoms with Gasteiger partial charge in [0.1, 0.15) is 0 Å². The number of carbonyl (C=O) groups is 2. The van der Waals surface area contributed by atoms with E-state index in [4.69, 9.17) is 4.74 Å². The van der Waals surface area contributed by atoms with Gasteiger partial charge < -0.3 is 20.3 Å². The van der Waals surface area contributed by atoms with Crippen LogP contribution in [0.3, 0.4) is 0 Å². The van der Waals surface area contributed by atoms with Gasteiger partial charge in [-0.2, -0.15) is 0 Å². The maximum Gasteiger partial charge on any atom is 0.410 e. The lowest BCUT2D eigenvalue weighted by Crippen LogP contribution is -2.45. The molecule has 0 aromatic rings. The lowest BCUT2D eigenvalue weighted by molar-refractivity contribution is 0.103. The van der Waals surface area contributed by atoms with Gasteiger partial charge in [0.25, 0.3) is 0 Å². The number of ether oxygens (including phenoxy) is 1. The molecular weight excluding hydrogens is 210 g/mol. The van der Waals surface area contributed by atoms with E-state index in [0.29, 0.717) is 19.7 Å². The number of hydrogen-bond donors (Lipinski definition) is 2. The van der Waals surface area contributed by atoms with Crippen LogP contribution in [0.15, 0.2) is 0 Å². The van der Waals surface area contributed by atoms with E-state index in [1.54, 1.807) is 18.9 Å². The SMILES string of the molecule is CCOC(=O)N1CCC[C@@H]1CNC(=O)NC. The standard InChI is InChI=1S/C10H19N3O3/c1-3-16-10(15)13-6-4-5-8(13)7-12-9(14)11-2/h8H,3-7H2,1-2H3,(H2,11,12,14)/t8-/m1/s1. The molecule has 0 aliphatic carbocycles. The Morgan fingerprint density at radius 2 is 2.25 bits per heavy atom. The molecule has 0 unspecified atom stereocenters. The first-order valence-electron chi connectivity index (χ1n) is 5.58. The van der Waals surface area contributed by atoms with Gasteiger partial charge >= 0.3 is 12.1 Å². The van der Waals surface area contributed by atoms with Crippen LogP contribution in [0.4, 0.5) is 9.59 Å². The largest absolute Gasteiger partial charge is 0.450 e. The minimum Gasteiger partial charge on any atom is -0.450 e. The van der Waals surface area contributed by atoms with E-state index >= 15 is 0 Å². The highest BCUT2D eigenvalue weighted by atomic mass is 16.6. The van der Waals surface area contributed by atoms with Gasteiger partial charge in [0, 0.05) is 20.1 Å². The molecule has 0 bridgehead atoms. The average Bonchev–Trinajstić information content (AvgIpc) is 2.74. The molecule has 1 saturated heterocycles. The van der Waals surface area contributed by atoms with E-state index in [-0.39, 0.29) is 18.2 Å². The van der Waals surface area contributed by atoms with Crippen molar-refractivity contribution in [2.24, 2.45) is 0 Å². The van der Waals surface area contributed by atoms with Crippen molar-refractivity contribution in [1.82, 2.24) is 15.5 Å². The van der Waals surface area contributed by atoms with Gasteiger partial charge in [0.05, 0.1) is 12.6 Å². The minimum absolute atomic E-state index is 0.0522. The van der Waals surface area contributed by atoms with E-state index in [1.807, 2.05) is 0 Å². The molecule has 1 aliphatic rings. The quantitative estimate of drug-likeness (QED) is 0.742. The van der Waals surface area contributed by atoms with Gasteiger partial charge in [-0.25, -0.2) is 9.59 Å². The van der Waals surface area contributed by atoms with Crippen LogP contribution in [0.5, 0.6) is 0 Å². The number of likely N-dealkylation sites (tertiary alicyclic amines) is 1. The summed E-state index contributed by atoms with van der Waals surface area (Å²) in [5.74, 6) is 0. The van der Waals surface area contributed by atoms with Crippen LogP contribution in [0, 0.1) is 0 Å². The first kappa shape index (κ1) is 12.6. The molecule has 16 heavy (non-hydrogen) atoms. The van der Waals surface area contributed by atoms with Gasteiger partial charge in [-0.3, -0.25) is 0 Å². The molecule has 0 saturated carbocycles. The highest BCUT2D eigenvalue weighted by Crippen LogP contribution is 2.17. The third-order valence-electron chi connectivity index (χ3n) is 2.60. The molecule has 1 fully saturated rings. The smallest absolute Gasteiger partial charge is 0.410 e. The third kappa shape index (κ3) is 3.29. The normalized spacial score (nSPS) is 19.4. The van der Waals surface area contributed by atoms with Crippen molar-refractivity contribution in [2.45, 2.75) is 25.8 Å². The van der Waals surface area contributed by atoms with Crippen LogP contribution in [0.2, 0.25) is 0 Å². The second kappa shape index (κ2) is 6.19. The number of nitrogens with zero attached hydrogens (tertiary/aromatic N) is 1. The van der Waals surface area contributed by atoms with Gasteiger partial charge in [-0.1, -0.05) is 0 Å². The van der Waals surface area contributed by atoms with Gasteiger partial charge in [0.15, 0.2) is 0 Å². The second-order valence-corrected chi connectivity index (χ2v) is 3.65. The predicted molar refractivity (Wildman–Crippen MR) is 59.2 cm³/mol. The fraction of sp³-hybridized carbons (Fsp3) is 0.800. The summed E-state index contributed by atoms with van der Waals surface area (Å²) in [6, 6.07) is -0.174. The summed E-state index contributed by atoms with van der Waals surface area (Å²) in [5.41, 5.74) is 0. The van der Waals surface area contributed by atoms with E-state index in [1.165, 1.54) is 0 Å². The Morgan fingerprint density at radius 3 is 2.88 bits per heavy atom. The van der Waals surface area contributed by atoms with Crippen molar-refractivity contribution in [2.75, 3.05) is 26.7 Å². The molecule has 6 heteroatoms. The fourth-order valence-electron chi connectivity index (χ4n) is 1.79. The number of rotatable bonds is 3. The Bertz CT molecular complexity index is 258. The maximum absolute atomic E-state index is 11.5. The van der Waals surface area contributed by atoms with Crippen LogP contribution >= 0.6 is 0 Å². The lowest BCUT2D eigenvalue weighted by Gasteiger charge is -2.23. The molecule has 1 heterocycles. The molecule has 1 aliphatic heterocycles. The molecule has 0 aromatic carbocycles. The van der Waals surface area contributed by atoms with Crippen LogP contribution in [-0.2, 0) is 4.74 Å². The monoisotopic (exact) mass is 229 g/mol. The van der Waals surface area contributed by atoms with Crippen LogP contribution in [0.25, 0.3) is 0 Å². The first-order valence-corrected chi connectivity index (χ1v) is 5.58. The Hall–Kier alpha value is -1.46. The van der Waals surface area contributed by atoms with E-state index in [2.05, 4.69) is 10.6 Å². The van der Waals surface area contributed by atoms with Gasteiger partial charge in [-0.15, -0.1) is 0 Å². The Morgan fingerprint density at radius 1 is 1.50 bits per heavy atom. The van der Waals surface area contributed by atoms with Crippen molar-refractivity contribution >= 4 is 12.1 Å². The van der Waals surface area contributed by atoms with Crippen LogP contribution < -0.4 is 10.6 Å². The summed E-state index contributed by atoms with van der Waals surface area (Å²) in [6.45, 7) is 3.34. The minimum atomic E-state index is -0.288. The summed E-state index contributed by atoms with van der Waals surface area (Å²) in [4.78, 5) is 24.2. The molecule has 1 rings (SSSR count). The lowest BCUT2D eigenvalue weighted by atomic mass is 10.2. The molecule has 2 N–H and O–H groups in total. The molecule has 92 valence electrons. The highest BCUT2D eigenvalue weighted by molar-refractivity contribution is 5.73. The highest BCUT2D eigenvalue weighted by Gasteiger charge is 2.29. The Balaban J connectivity index is 2.39. The number of nitrogens with one attached hydrogen (secondary N) is 2. The van der Waals surface area contributed by atoms with Crippen LogP contribution in [0.1, 0.15) is 19.8 Å². The summed E-state index contributed by atoms with van der Waals surface area (Å²) in [6.07, 6.45) is 1.57. The number of amides is 3. The van der Waals surface area contributed by atoms with Crippen molar-refractivity contribution in [3.05, 3.63) is 0 Å². The van der Waals surface area contributed by atoms with E-state index in [0.717, 1.165) is 12.8 Å². The zero-order chi connectivity index (χ0) is 12.0. The van der Waals surface area contributed by atoms with Crippen molar-refractivity contribution in [3.8, 4) is 0 Å². The zero-order valence-corrected chi connectivity index (χ0v) is 9.78. The molecule has 6 nitrogen and oxygen atoms in total. The molecule has 0 spiro atoms. The summed E-state index contributed by atoms with van der Waals surface area (Å²) < 4.78 is 4.95.